The van der Waals surface area contributed by atoms with Crippen molar-refractivity contribution in [1.82, 2.24) is 19.9 Å². The second-order valence-electron chi connectivity index (χ2n) is 8.06. The second-order valence-corrected chi connectivity index (χ2v) is 8.06. The molecule has 3 aromatic heterocycles. The van der Waals surface area contributed by atoms with Crippen molar-refractivity contribution >= 4 is 33.3 Å². The third kappa shape index (κ3) is 3.77. The summed E-state index contributed by atoms with van der Waals surface area (Å²) in [5.41, 5.74) is 4.19. The van der Waals surface area contributed by atoms with Gasteiger partial charge in [0.25, 0.3) is 0 Å². The van der Waals surface area contributed by atoms with Crippen LogP contribution in [0.25, 0.3) is 21.8 Å². The van der Waals surface area contributed by atoms with Crippen molar-refractivity contribution in [3.05, 3.63) is 65.9 Å². The lowest BCUT2D eigenvalue weighted by Crippen LogP contribution is -2.46. The molecule has 5 rings (SSSR count). The Balaban J connectivity index is 1.29. The van der Waals surface area contributed by atoms with Gasteiger partial charge < -0.3 is 10.2 Å². The summed E-state index contributed by atoms with van der Waals surface area (Å²) in [5.74, 6) is 0.587. The van der Waals surface area contributed by atoms with Gasteiger partial charge in [0.1, 0.15) is 11.0 Å². The maximum absolute atomic E-state index is 15.0. The van der Waals surface area contributed by atoms with Crippen LogP contribution in [0, 0.1) is 12.7 Å². The first-order valence-electron chi connectivity index (χ1n) is 10.6. The first kappa shape index (κ1) is 19.6. The topological polar surface area (TPSA) is 57.2 Å². The van der Waals surface area contributed by atoms with Gasteiger partial charge in [-0.1, -0.05) is 12.1 Å². The van der Waals surface area contributed by atoms with Gasteiger partial charge in [0.15, 0.2) is 11.6 Å². The molecule has 158 valence electrons. The number of fused-ring (bicyclic) bond motifs is 2. The van der Waals surface area contributed by atoms with Crippen molar-refractivity contribution in [1.29, 1.82) is 0 Å². The van der Waals surface area contributed by atoms with Crippen LogP contribution in [-0.2, 0) is 6.54 Å². The molecule has 0 amide bonds. The lowest BCUT2D eigenvalue weighted by Gasteiger charge is -2.36. The van der Waals surface area contributed by atoms with Crippen LogP contribution in [0.15, 0.2) is 48.9 Å². The van der Waals surface area contributed by atoms with Crippen LogP contribution >= 0.6 is 0 Å². The predicted octanol–water partition coefficient (Wildman–Crippen LogP) is 3.99. The van der Waals surface area contributed by atoms with E-state index in [0.29, 0.717) is 17.6 Å². The number of aryl methyl sites for hydroxylation is 1. The maximum Gasteiger partial charge on any atom is 0.153 e. The van der Waals surface area contributed by atoms with E-state index in [9.17, 15) is 4.39 Å². The largest absolute Gasteiger partial charge is 0.371 e. The SMILES string of the molecule is CNc1nccc2cc(N3CCN(Cc4ccc5cc(C)cnc5c4F)CC3)cnc12. The molecule has 0 radical (unpaired) electrons. The number of hydrogen-bond acceptors (Lipinski definition) is 6. The normalized spacial score (nSPS) is 15.0. The van der Waals surface area contributed by atoms with Gasteiger partial charge in [-0.25, -0.2) is 9.37 Å². The fraction of sp³-hybridized carbons (Fsp3) is 0.292. The molecule has 1 N–H and O–H groups in total. The van der Waals surface area contributed by atoms with E-state index in [-0.39, 0.29) is 5.82 Å². The van der Waals surface area contributed by atoms with Crippen LogP contribution in [0.4, 0.5) is 15.9 Å². The number of nitrogens with one attached hydrogen (secondary N) is 1. The van der Waals surface area contributed by atoms with E-state index >= 15 is 0 Å². The van der Waals surface area contributed by atoms with Gasteiger partial charge in [-0.3, -0.25) is 14.9 Å². The molecule has 1 aliphatic rings. The van der Waals surface area contributed by atoms with Crippen molar-refractivity contribution in [3.8, 4) is 0 Å². The number of hydrogen-bond donors (Lipinski definition) is 1. The molecule has 7 heteroatoms. The Hall–Kier alpha value is -3.32. The van der Waals surface area contributed by atoms with E-state index in [1.807, 2.05) is 44.4 Å². The molecule has 1 aliphatic heterocycles. The Morgan fingerprint density at radius 1 is 0.935 bits per heavy atom. The highest BCUT2D eigenvalue weighted by Gasteiger charge is 2.20. The summed E-state index contributed by atoms with van der Waals surface area (Å²) in [6.45, 7) is 6.06. The molecule has 31 heavy (non-hydrogen) atoms. The average Bonchev–Trinajstić information content (AvgIpc) is 2.80. The van der Waals surface area contributed by atoms with Crippen LogP contribution in [0.2, 0.25) is 0 Å². The van der Waals surface area contributed by atoms with E-state index in [1.165, 1.54) is 0 Å². The first-order chi connectivity index (χ1) is 15.1. The van der Waals surface area contributed by atoms with E-state index in [1.54, 1.807) is 12.4 Å². The van der Waals surface area contributed by atoms with Gasteiger partial charge in [-0.05, 0) is 30.7 Å². The maximum atomic E-state index is 15.0. The summed E-state index contributed by atoms with van der Waals surface area (Å²) in [7, 11) is 1.85. The number of nitrogens with zero attached hydrogens (tertiary/aromatic N) is 5. The number of benzene rings is 1. The van der Waals surface area contributed by atoms with Gasteiger partial charge >= 0.3 is 0 Å². The fourth-order valence-electron chi connectivity index (χ4n) is 4.25. The number of aromatic nitrogens is 3. The van der Waals surface area contributed by atoms with Crippen molar-refractivity contribution in [3.63, 3.8) is 0 Å². The first-order valence-corrected chi connectivity index (χ1v) is 10.6. The molecule has 0 spiro atoms. The van der Waals surface area contributed by atoms with Gasteiger partial charge in [0, 0.05) is 68.5 Å². The Bertz CT molecular complexity index is 1250. The molecule has 0 unspecified atom stereocenters. The quantitative estimate of drug-likeness (QED) is 0.543. The second kappa shape index (κ2) is 8.07. The number of rotatable bonds is 4. The van der Waals surface area contributed by atoms with Crippen molar-refractivity contribution in [2.24, 2.45) is 0 Å². The highest BCUT2D eigenvalue weighted by atomic mass is 19.1. The number of anilines is 2. The van der Waals surface area contributed by atoms with Crippen molar-refractivity contribution in [2.75, 3.05) is 43.4 Å². The molecule has 1 fully saturated rings. The van der Waals surface area contributed by atoms with Crippen molar-refractivity contribution in [2.45, 2.75) is 13.5 Å². The summed E-state index contributed by atoms with van der Waals surface area (Å²) in [6, 6.07) is 9.99. The molecule has 0 atom stereocenters. The lowest BCUT2D eigenvalue weighted by molar-refractivity contribution is 0.247. The molecule has 4 heterocycles. The highest BCUT2D eigenvalue weighted by molar-refractivity contribution is 5.89. The molecule has 1 aromatic carbocycles. The molecular formula is C24H25FN6. The van der Waals surface area contributed by atoms with Gasteiger partial charge in [-0.15, -0.1) is 0 Å². The van der Waals surface area contributed by atoms with Crippen LogP contribution < -0.4 is 10.2 Å². The van der Waals surface area contributed by atoms with E-state index < -0.39 is 0 Å². The Morgan fingerprint density at radius 2 is 1.71 bits per heavy atom. The smallest absolute Gasteiger partial charge is 0.153 e. The van der Waals surface area contributed by atoms with Gasteiger partial charge in [0.2, 0.25) is 0 Å². The average molecular weight is 417 g/mol. The molecule has 4 aromatic rings. The van der Waals surface area contributed by atoms with E-state index in [2.05, 4.69) is 36.1 Å². The minimum absolute atomic E-state index is 0.201. The van der Waals surface area contributed by atoms with Crippen molar-refractivity contribution < 1.29 is 4.39 Å². The predicted molar refractivity (Wildman–Crippen MR) is 123 cm³/mol. The monoisotopic (exact) mass is 416 g/mol. The molecule has 1 saturated heterocycles. The minimum atomic E-state index is -0.201. The standard InChI is InChI=1S/C24H25FN6/c1-16-11-17-3-4-19(21(25)22(17)28-13-16)15-30-7-9-31(10-8-30)20-12-18-5-6-27-24(26-2)23(18)29-14-20/h3-6,11-14H,7-10,15H2,1-2H3,(H,26,27). The molecule has 0 saturated carbocycles. The molecule has 0 bridgehead atoms. The number of pyridine rings is 3. The van der Waals surface area contributed by atoms with E-state index in [0.717, 1.165) is 59.5 Å². The van der Waals surface area contributed by atoms with Crippen LogP contribution in [0.1, 0.15) is 11.1 Å². The summed E-state index contributed by atoms with van der Waals surface area (Å²) >= 11 is 0. The Labute approximate surface area is 180 Å². The summed E-state index contributed by atoms with van der Waals surface area (Å²) < 4.78 is 15.0. The van der Waals surface area contributed by atoms with Gasteiger partial charge in [-0.2, -0.15) is 0 Å². The van der Waals surface area contributed by atoms with Gasteiger partial charge in [0.05, 0.1) is 11.9 Å². The van der Waals surface area contributed by atoms with Crippen LogP contribution in [-0.4, -0.2) is 53.1 Å². The zero-order valence-corrected chi connectivity index (χ0v) is 17.8. The third-order valence-electron chi connectivity index (χ3n) is 5.96. The van der Waals surface area contributed by atoms with E-state index in [4.69, 9.17) is 0 Å². The molecular weight excluding hydrogens is 391 g/mol. The molecule has 0 aliphatic carbocycles. The summed E-state index contributed by atoms with van der Waals surface area (Å²) in [4.78, 5) is 17.9. The lowest BCUT2D eigenvalue weighted by atomic mass is 10.1. The van der Waals surface area contributed by atoms with Crippen LogP contribution in [0.3, 0.4) is 0 Å². The summed E-state index contributed by atoms with van der Waals surface area (Å²) in [6.07, 6.45) is 5.43. The fourth-order valence-corrected chi connectivity index (χ4v) is 4.25. The number of piperazine rings is 1. The highest BCUT2D eigenvalue weighted by Crippen LogP contribution is 2.25. The Kier molecular flexibility index (Phi) is 5.11. The Morgan fingerprint density at radius 3 is 2.52 bits per heavy atom. The minimum Gasteiger partial charge on any atom is -0.371 e. The zero-order chi connectivity index (χ0) is 21.4. The number of halogens is 1. The third-order valence-corrected chi connectivity index (χ3v) is 5.96. The van der Waals surface area contributed by atoms with Crippen LogP contribution in [0.5, 0.6) is 0 Å². The zero-order valence-electron chi connectivity index (χ0n) is 17.8. The molecule has 6 nitrogen and oxygen atoms in total. The summed E-state index contributed by atoms with van der Waals surface area (Å²) in [5, 5.41) is 5.01.